The Morgan fingerprint density at radius 3 is 1.59 bits per heavy atom. The standard InChI is InChI=1S/C51H38N2O/c1-3-17-39(18-4-1)52(41-26-25-35-13-7-8-14-38(35)33-41)45-22-11-15-36-29-31-51(49(36)45)32-30-37-16-12-23-46(50(37)51)53(40-19-5-2-6-20-40)42-27-28-44-43-21-9-10-24-47(43)54-48(44)34-42/h1-28,33-34H,29-32H2/t51-/m1/s1. The van der Waals surface area contributed by atoms with Gasteiger partial charge >= 0.3 is 0 Å². The lowest BCUT2D eigenvalue weighted by atomic mass is 9.74. The van der Waals surface area contributed by atoms with E-state index in [0.717, 1.165) is 59.0 Å². The predicted octanol–water partition coefficient (Wildman–Crippen LogP) is 13.9. The molecule has 0 fully saturated rings. The smallest absolute Gasteiger partial charge is 0.137 e. The molecule has 0 saturated heterocycles. The van der Waals surface area contributed by atoms with Crippen LogP contribution in [-0.4, -0.2) is 0 Å². The molecule has 1 heterocycles. The largest absolute Gasteiger partial charge is 0.456 e. The first-order valence-electron chi connectivity index (χ1n) is 19.1. The summed E-state index contributed by atoms with van der Waals surface area (Å²) >= 11 is 0. The number of fused-ring (bicyclic) bond motifs is 8. The maximum absolute atomic E-state index is 6.47. The average molecular weight is 695 g/mol. The second-order valence-electron chi connectivity index (χ2n) is 14.9. The molecule has 54 heavy (non-hydrogen) atoms. The Morgan fingerprint density at radius 1 is 0.389 bits per heavy atom. The summed E-state index contributed by atoms with van der Waals surface area (Å²) in [5, 5.41) is 4.78. The number of furan rings is 1. The van der Waals surface area contributed by atoms with Crippen LogP contribution in [0.15, 0.2) is 186 Å². The molecular formula is C51H38N2O. The normalized spacial score (nSPS) is 15.9. The Labute approximate surface area is 315 Å². The van der Waals surface area contributed by atoms with E-state index in [1.54, 1.807) is 0 Å². The monoisotopic (exact) mass is 694 g/mol. The minimum absolute atomic E-state index is 0.155. The third-order valence-electron chi connectivity index (χ3n) is 12.0. The molecule has 9 aromatic rings. The summed E-state index contributed by atoms with van der Waals surface area (Å²) in [5.41, 5.74) is 14.6. The van der Waals surface area contributed by atoms with Gasteiger partial charge in [-0.15, -0.1) is 0 Å². The summed E-state index contributed by atoms with van der Waals surface area (Å²) in [6, 6.07) is 66.4. The van der Waals surface area contributed by atoms with Crippen LogP contribution in [0.4, 0.5) is 34.1 Å². The van der Waals surface area contributed by atoms with Crippen molar-refractivity contribution >= 4 is 66.8 Å². The minimum Gasteiger partial charge on any atom is -0.456 e. The van der Waals surface area contributed by atoms with Gasteiger partial charge in [0.05, 0.1) is 11.4 Å². The van der Waals surface area contributed by atoms with Crippen LogP contribution in [0.2, 0.25) is 0 Å². The fourth-order valence-corrected chi connectivity index (χ4v) is 9.69. The van der Waals surface area contributed by atoms with E-state index in [9.17, 15) is 0 Å². The van der Waals surface area contributed by atoms with Gasteiger partial charge in [-0.1, -0.05) is 109 Å². The van der Waals surface area contributed by atoms with Crippen molar-refractivity contribution < 1.29 is 4.42 Å². The number of benzene rings is 8. The fraction of sp³-hybridized carbons (Fsp3) is 0.0980. The maximum atomic E-state index is 6.47. The molecule has 0 N–H and O–H groups in total. The number of para-hydroxylation sites is 3. The van der Waals surface area contributed by atoms with Crippen LogP contribution in [0.5, 0.6) is 0 Å². The van der Waals surface area contributed by atoms with Crippen LogP contribution in [0.1, 0.15) is 35.1 Å². The minimum atomic E-state index is -0.155. The molecule has 1 aromatic heterocycles. The Balaban J connectivity index is 1.13. The number of rotatable bonds is 6. The topological polar surface area (TPSA) is 19.6 Å². The number of hydrogen-bond donors (Lipinski definition) is 0. The first-order valence-corrected chi connectivity index (χ1v) is 19.1. The molecule has 2 aliphatic carbocycles. The quantitative estimate of drug-likeness (QED) is 0.173. The lowest BCUT2D eigenvalue weighted by Gasteiger charge is -2.37. The molecule has 2 aliphatic rings. The molecule has 0 radical (unpaired) electrons. The van der Waals surface area contributed by atoms with Crippen molar-refractivity contribution in [3.05, 3.63) is 204 Å². The first kappa shape index (κ1) is 31.0. The highest BCUT2D eigenvalue weighted by molar-refractivity contribution is 6.06. The molecule has 0 amide bonds. The zero-order valence-electron chi connectivity index (χ0n) is 30.0. The van der Waals surface area contributed by atoms with Crippen molar-refractivity contribution in [2.45, 2.75) is 31.1 Å². The Morgan fingerprint density at radius 2 is 0.926 bits per heavy atom. The summed E-state index contributed by atoms with van der Waals surface area (Å²) in [6.07, 6.45) is 4.25. The third-order valence-corrected chi connectivity index (χ3v) is 12.0. The van der Waals surface area contributed by atoms with Gasteiger partial charge < -0.3 is 14.2 Å². The van der Waals surface area contributed by atoms with Gasteiger partial charge in [0.2, 0.25) is 0 Å². The van der Waals surface area contributed by atoms with E-state index in [-0.39, 0.29) is 5.41 Å². The van der Waals surface area contributed by atoms with Crippen molar-refractivity contribution in [1.82, 2.24) is 0 Å². The predicted molar refractivity (Wildman–Crippen MR) is 224 cm³/mol. The number of hydrogen-bond acceptors (Lipinski definition) is 3. The molecule has 1 atom stereocenters. The van der Waals surface area contributed by atoms with Gasteiger partial charge in [0, 0.05) is 45.0 Å². The molecule has 8 aromatic carbocycles. The highest BCUT2D eigenvalue weighted by Crippen LogP contribution is 2.60. The summed E-state index contributed by atoms with van der Waals surface area (Å²) in [5.74, 6) is 0. The molecule has 0 unspecified atom stereocenters. The van der Waals surface area contributed by atoms with Gasteiger partial charge in [0.25, 0.3) is 0 Å². The molecule has 3 nitrogen and oxygen atoms in total. The van der Waals surface area contributed by atoms with E-state index >= 15 is 0 Å². The highest BCUT2D eigenvalue weighted by atomic mass is 16.3. The number of anilines is 6. The van der Waals surface area contributed by atoms with Gasteiger partial charge in [-0.25, -0.2) is 0 Å². The Kier molecular flexibility index (Phi) is 7.03. The van der Waals surface area contributed by atoms with Gasteiger partial charge in [-0.3, -0.25) is 0 Å². The van der Waals surface area contributed by atoms with E-state index < -0.39 is 0 Å². The van der Waals surface area contributed by atoms with Crippen molar-refractivity contribution in [3.63, 3.8) is 0 Å². The molecule has 0 aliphatic heterocycles. The van der Waals surface area contributed by atoms with Crippen molar-refractivity contribution in [1.29, 1.82) is 0 Å². The van der Waals surface area contributed by atoms with Crippen molar-refractivity contribution in [3.8, 4) is 0 Å². The molecule has 1 spiro atoms. The van der Waals surface area contributed by atoms with E-state index in [2.05, 4.69) is 186 Å². The lowest BCUT2D eigenvalue weighted by molar-refractivity contribution is 0.508. The van der Waals surface area contributed by atoms with Crippen LogP contribution in [0, 0.1) is 0 Å². The summed E-state index contributed by atoms with van der Waals surface area (Å²) < 4.78 is 6.47. The van der Waals surface area contributed by atoms with E-state index in [1.165, 1.54) is 55.8 Å². The first-order chi connectivity index (χ1) is 26.7. The van der Waals surface area contributed by atoms with Crippen LogP contribution >= 0.6 is 0 Å². The van der Waals surface area contributed by atoms with Gasteiger partial charge in [-0.05, 0) is 125 Å². The second-order valence-corrected chi connectivity index (χ2v) is 14.9. The molecule has 3 heteroatoms. The van der Waals surface area contributed by atoms with Crippen LogP contribution in [0.25, 0.3) is 32.7 Å². The SMILES string of the molecule is c1ccc(N(c2ccc3ccccc3c2)c2cccc3c2[C@@]2(CC3)CCc3cccc(N(c4ccccc4)c4ccc5c(c4)oc4ccccc45)c32)cc1. The second kappa shape index (κ2) is 12.2. The molecule has 258 valence electrons. The van der Waals surface area contributed by atoms with E-state index in [0.29, 0.717) is 0 Å². The van der Waals surface area contributed by atoms with Gasteiger partial charge in [0.1, 0.15) is 11.2 Å². The van der Waals surface area contributed by atoms with Gasteiger partial charge in [0.15, 0.2) is 0 Å². The molecule has 0 saturated carbocycles. The Bertz CT molecular complexity index is 2850. The third kappa shape index (κ3) is 4.75. The van der Waals surface area contributed by atoms with Crippen LogP contribution in [0.3, 0.4) is 0 Å². The van der Waals surface area contributed by atoms with Gasteiger partial charge in [-0.2, -0.15) is 0 Å². The van der Waals surface area contributed by atoms with E-state index in [4.69, 9.17) is 4.42 Å². The average Bonchev–Trinajstić information content (AvgIpc) is 3.93. The maximum Gasteiger partial charge on any atom is 0.137 e. The van der Waals surface area contributed by atoms with Crippen molar-refractivity contribution in [2.24, 2.45) is 0 Å². The summed E-state index contributed by atoms with van der Waals surface area (Å²) in [4.78, 5) is 4.97. The lowest BCUT2D eigenvalue weighted by Crippen LogP contribution is -2.27. The number of nitrogens with zero attached hydrogens (tertiary/aromatic N) is 2. The zero-order chi connectivity index (χ0) is 35.6. The summed E-state index contributed by atoms with van der Waals surface area (Å²) in [7, 11) is 0. The highest BCUT2D eigenvalue weighted by Gasteiger charge is 2.49. The summed E-state index contributed by atoms with van der Waals surface area (Å²) in [6.45, 7) is 0. The fourth-order valence-electron chi connectivity index (χ4n) is 9.69. The van der Waals surface area contributed by atoms with Crippen LogP contribution < -0.4 is 9.80 Å². The zero-order valence-corrected chi connectivity index (χ0v) is 30.0. The molecule has 0 bridgehead atoms. The number of aryl methyl sites for hydroxylation is 2. The van der Waals surface area contributed by atoms with E-state index in [1.807, 2.05) is 6.07 Å². The Hall–Kier alpha value is -6.58. The van der Waals surface area contributed by atoms with Crippen LogP contribution in [-0.2, 0) is 18.3 Å². The molecular weight excluding hydrogens is 657 g/mol. The molecule has 11 rings (SSSR count). The van der Waals surface area contributed by atoms with Crippen molar-refractivity contribution in [2.75, 3.05) is 9.80 Å².